The van der Waals surface area contributed by atoms with Gasteiger partial charge in [-0.25, -0.2) is 9.98 Å². The Morgan fingerprint density at radius 1 is 1.11 bits per heavy atom. The van der Waals surface area contributed by atoms with E-state index in [4.69, 9.17) is 4.42 Å². The van der Waals surface area contributed by atoms with E-state index in [9.17, 15) is 0 Å². The van der Waals surface area contributed by atoms with Gasteiger partial charge < -0.3 is 15.1 Å². The third-order valence-corrected chi connectivity index (χ3v) is 4.25. The summed E-state index contributed by atoms with van der Waals surface area (Å²) in [5, 5.41) is 6.71. The Bertz CT molecular complexity index is 869. The predicted molar refractivity (Wildman–Crippen MR) is 109 cm³/mol. The average Bonchev–Trinajstić information content (AvgIpc) is 3.16. The van der Waals surface area contributed by atoms with E-state index in [-0.39, 0.29) is 6.04 Å². The molecule has 2 aromatic carbocycles. The maximum Gasteiger partial charge on any atom is 0.226 e. The average molecular weight is 362 g/mol. The lowest BCUT2D eigenvalue weighted by atomic mass is 10.1. The molecule has 1 unspecified atom stereocenters. The van der Waals surface area contributed by atoms with Crippen molar-refractivity contribution in [3.05, 3.63) is 77.7 Å². The number of aliphatic imine (C=N–C) groups is 1. The van der Waals surface area contributed by atoms with Gasteiger partial charge >= 0.3 is 0 Å². The van der Waals surface area contributed by atoms with Crippen LogP contribution >= 0.6 is 0 Å². The Hall–Kier alpha value is -3.08. The van der Waals surface area contributed by atoms with Crippen LogP contribution in [0.2, 0.25) is 0 Å². The zero-order valence-electron chi connectivity index (χ0n) is 16.1. The van der Waals surface area contributed by atoms with Gasteiger partial charge in [-0.15, -0.1) is 0 Å². The number of nitrogens with one attached hydrogen (secondary N) is 2. The van der Waals surface area contributed by atoms with Crippen molar-refractivity contribution >= 4 is 5.96 Å². The van der Waals surface area contributed by atoms with Gasteiger partial charge in [-0.05, 0) is 38.5 Å². The Morgan fingerprint density at radius 3 is 2.56 bits per heavy atom. The van der Waals surface area contributed by atoms with E-state index in [0.717, 1.165) is 23.8 Å². The van der Waals surface area contributed by atoms with Crippen LogP contribution in [0.4, 0.5) is 0 Å². The molecule has 0 fully saturated rings. The largest absolute Gasteiger partial charge is 0.444 e. The van der Waals surface area contributed by atoms with Crippen molar-refractivity contribution in [2.75, 3.05) is 6.54 Å². The summed E-state index contributed by atoms with van der Waals surface area (Å²) in [6.07, 6.45) is 1.67. The zero-order valence-corrected chi connectivity index (χ0v) is 16.1. The molecule has 0 saturated carbocycles. The molecule has 3 rings (SSSR count). The monoisotopic (exact) mass is 362 g/mol. The van der Waals surface area contributed by atoms with Crippen LogP contribution in [0.1, 0.15) is 36.7 Å². The van der Waals surface area contributed by atoms with Crippen molar-refractivity contribution in [3.63, 3.8) is 0 Å². The molecule has 0 aliphatic carbocycles. The second kappa shape index (κ2) is 9.03. The van der Waals surface area contributed by atoms with Gasteiger partial charge in [0, 0.05) is 12.1 Å². The van der Waals surface area contributed by atoms with Crippen molar-refractivity contribution in [1.29, 1.82) is 0 Å². The van der Waals surface area contributed by atoms with E-state index in [0.29, 0.717) is 12.4 Å². The first-order chi connectivity index (χ1) is 13.2. The standard InChI is InChI=1S/C22H26N4O/c1-4-23-22(25-17(3)18-8-6-5-7-9-18)24-14-20-15-27-21(26-20)19-12-10-16(2)11-13-19/h5-13,15,17H,4,14H2,1-3H3,(H2,23,24,25). The molecule has 5 heteroatoms. The number of guanidine groups is 1. The molecule has 27 heavy (non-hydrogen) atoms. The van der Waals surface area contributed by atoms with Crippen molar-refractivity contribution in [3.8, 4) is 11.5 Å². The van der Waals surface area contributed by atoms with Crippen molar-refractivity contribution in [2.24, 2.45) is 4.99 Å². The van der Waals surface area contributed by atoms with Crippen LogP contribution in [0.25, 0.3) is 11.5 Å². The summed E-state index contributed by atoms with van der Waals surface area (Å²) in [5.74, 6) is 1.38. The Kier molecular flexibility index (Phi) is 6.26. The number of oxazole rings is 1. The quantitative estimate of drug-likeness (QED) is 0.502. The smallest absolute Gasteiger partial charge is 0.226 e. The van der Waals surface area contributed by atoms with Crippen LogP contribution in [-0.4, -0.2) is 17.5 Å². The van der Waals surface area contributed by atoms with E-state index in [2.05, 4.69) is 65.6 Å². The van der Waals surface area contributed by atoms with Crippen LogP contribution in [-0.2, 0) is 6.54 Å². The minimum absolute atomic E-state index is 0.157. The summed E-state index contributed by atoms with van der Waals surface area (Å²) in [6, 6.07) is 18.6. The molecule has 5 nitrogen and oxygen atoms in total. The van der Waals surface area contributed by atoms with E-state index in [1.165, 1.54) is 11.1 Å². The molecule has 0 aliphatic rings. The van der Waals surface area contributed by atoms with Crippen LogP contribution in [0.3, 0.4) is 0 Å². The van der Waals surface area contributed by atoms with Crippen LogP contribution < -0.4 is 10.6 Å². The SMILES string of the molecule is CCNC(=NCc1coc(-c2ccc(C)cc2)n1)NC(C)c1ccccc1. The van der Waals surface area contributed by atoms with Gasteiger partial charge in [-0.3, -0.25) is 0 Å². The number of benzene rings is 2. The summed E-state index contributed by atoms with van der Waals surface area (Å²) >= 11 is 0. The lowest BCUT2D eigenvalue weighted by molar-refractivity contribution is 0.572. The molecule has 0 saturated heterocycles. The summed E-state index contributed by atoms with van der Waals surface area (Å²) < 4.78 is 5.61. The molecule has 0 amide bonds. The van der Waals surface area contributed by atoms with Gasteiger partial charge in [0.15, 0.2) is 5.96 Å². The van der Waals surface area contributed by atoms with Crippen LogP contribution in [0.5, 0.6) is 0 Å². The fourth-order valence-electron chi connectivity index (χ4n) is 2.72. The highest BCUT2D eigenvalue weighted by molar-refractivity contribution is 5.80. The third-order valence-electron chi connectivity index (χ3n) is 4.25. The van der Waals surface area contributed by atoms with Crippen molar-refractivity contribution in [2.45, 2.75) is 33.4 Å². The number of hydrogen-bond donors (Lipinski definition) is 2. The highest BCUT2D eigenvalue weighted by atomic mass is 16.3. The minimum atomic E-state index is 0.157. The maximum absolute atomic E-state index is 5.61. The summed E-state index contributed by atoms with van der Waals surface area (Å²) in [5.41, 5.74) is 4.20. The molecular formula is C22H26N4O. The summed E-state index contributed by atoms with van der Waals surface area (Å²) in [7, 11) is 0. The predicted octanol–water partition coefficient (Wildman–Crippen LogP) is 4.47. The minimum Gasteiger partial charge on any atom is -0.444 e. The normalized spacial score (nSPS) is 12.6. The van der Waals surface area contributed by atoms with Crippen molar-refractivity contribution < 1.29 is 4.42 Å². The molecule has 1 heterocycles. The zero-order chi connectivity index (χ0) is 19.1. The topological polar surface area (TPSA) is 62.5 Å². The molecule has 1 aromatic heterocycles. The first kappa shape index (κ1) is 18.7. The maximum atomic E-state index is 5.61. The molecule has 0 aliphatic heterocycles. The number of nitrogens with zero attached hydrogens (tertiary/aromatic N) is 2. The summed E-state index contributed by atoms with van der Waals surface area (Å²) in [4.78, 5) is 9.19. The number of aryl methyl sites for hydroxylation is 1. The fourth-order valence-corrected chi connectivity index (χ4v) is 2.72. The van der Waals surface area contributed by atoms with Gasteiger partial charge in [0.2, 0.25) is 5.89 Å². The molecule has 140 valence electrons. The lowest BCUT2D eigenvalue weighted by Gasteiger charge is -2.18. The second-order valence-electron chi connectivity index (χ2n) is 6.48. The lowest BCUT2D eigenvalue weighted by Crippen LogP contribution is -2.38. The molecule has 1 atom stereocenters. The van der Waals surface area contributed by atoms with E-state index in [1.54, 1.807) is 6.26 Å². The molecule has 0 bridgehead atoms. The molecule has 2 N–H and O–H groups in total. The van der Waals surface area contributed by atoms with E-state index < -0.39 is 0 Å². The van der Waals surface area contributed by atoms with Gasteiger partial charge in [-0.1, -0.05) is 48.0 Å². The third kappa shape index (κ3) is 5.20. The number of aromatic nitrogens is 1. The molecule has 0 radical (unpaired) electrons. The van der Waals surface area contributed by atoms with Gasteiger partial charge in [0.05, 0.1) is 12.6 Å². The van der Waals surface area contributed by atoms with Crippen molar-refractivity contribution in [1.82, 2.24) is 15.6 Å². The number of hydrogen-bond acceptors (Lipinski definition) is 3. The van der Waals surface area contributed by atoms with Gasteiger partial charge in [0.25, 0.3) is 0 Å². The Morgan fingerprint density at radius 2 is 1.85 bits per heavy atom. The fraction of sp³-hybridized carbons (Fsp3) is 0.273. The summed E-state index contributed by atoms with van der Waals surface area (Å²) in [6.45, 7) is 7.47. The molecule has 0 spiro atoms. The second-order valence-corrected chi connectivity index (χ2v) is 6.48. The number of rotatable bonds is 6. The highest BCUT2D eigenvalue weighted by Crippen LogP contribution is 2.19. The van der Waals surface area contributed by atoms with Gasteiger partial charge in [-0.2, -0.15) is 0 Å². The Balaban J connectivity index is 1.67. The molecular weight excluding hydrogens is 336 g/mol. The van der Waals surface area contributed by atoms with Crippen LogP contribution in [0, 0.1) is 6.92 Å². The highest BCUT2D eigenvalue weighted by Gasteiger charge is 2.09. The first-order valence-electron chi connectivity index (χ1n) is 9.27. The van der Waals surface area contributed by atoms with Crippen LogP contribution in [0.15, 0.2) is 70.3 Å². The van der Waals surface area contributed by atoms with E-state index in [1.807, 2.05) is 30.3 Å². The first-order valence-corrected chi connectivity index (χ1v) is 9.27. The molecule has 3 aromatic rings. The Labute approximate surface area is 160 Å². The van der Waals surface area contributed by atoms with Gasteiger partial charge in [0.1, 0.15) is 12.0 Å². The van der Waals surface area contributed by atoms with E-state index >= 15 is 0 Å².